The number of carboxylic acid groups (broad SMARTS) is 1. The Balaban J connectivity index is 2.21. The summed E-state index contributed by atoms with van der Waals surface area (Å²) in [5, 5.41) is 11.2. The lowest BCUT2D eigenvalue weighted by Crippen LogP contribution is -2.37. The fraction of sp³-hybridized carbons (Fsp3) is 0.467. The van der Waals surface area contributed by atoms with Crippen molar-refractivity contribution in [3.63, 3.8) is 0 Å². The molecule has 6 heteroatoms. The molecule has 0 spiro atoms. The third kappa shape index (κ3) is 7.29. The Kier molecular flexibility index (Phi) is 7.21. The number of rotatable bonds is 8. The molecule has 0 radical (unpaired) electrons. The van der Waals surface area contributed by atoms with E-state index >= 15 is 0 Å². The van der Waals surface area contributed by atoms with Gasteiger partial charge in [-0.25, -0.2) is 9.18 Å². The number of nitrogens with zero attached hydrogens (tertiary/aromatic N) is 1. The van der Waals surface area contributed by atoms with Crippen molar-refractivity contribution in [2.24, 2.45) is 0 Å². The topological polar surface area (TPSA) is 69.6 Å². The van der Waals surface area contributed by atoms with Gasteiger partial charge >= 0.3 is 12.0 Å². The lowest BCUT2D eigenvalue weighted by Gasteiger charge is -2.18. The van der Waals surface area contributed by atoms with E-state index in [-0.39, 0.29) is 18.3 Å². The van der Waals surface area contributed by atoms with E-state index in [4.69, 9.17) is 5.11 Å². The number of aliphatic carboxylic acids is 1. The molecule has 2 N–H and O–H groups in total. The zero-order chi connectivity index (χ0) is 15.7. The van der Waals surface area contributed by atoms with E-state index in [1.54, 1.807) is 19.2 Å². The van der Waals surface area contributed by atoms with E-state index in [0.717, 1.165) is 18.4 Å². The molecule has 0 fully saturated rings. The van der Waals surface area contributed by atoms with E-state index in [9.17, 15) is 14.0 Å². The molecule has 1 rings (SSSR count). The Morgan fingerprint density at radius 1 is 1.29 bits per heavy atom. The van der Waals surface area contributed by atoms with Crippen LogP contribution in [0.2, 0.25) is 0 Å². The fourth-order valence-corrected chi connectivity index (χ4v) is 1.89. The number of amides is 2. The highest BCUT2D eigenvalue weighted by Gasteiger charge is 2.08. The second-order valence-corrected chi connectivity index (χ2v) is 4.92. The van der Waals surface area contributed by atoms with Crippen LogP contribution in [0.25, 0.3) is 0 Å². The van der Waals surface area contributed by atoms with Gasteiger partial charge in [0, 0.05) is 26.6 Å². The van der Waals surface area contributed by atoms with Crippen LogP contribution in [-0.2, 0) is 11.3 Å². The van der Waals surface area contributed by atoms with E-state index in [1.165, 1.54) is 17.0 Å². The first kappa shape index (κ1) is 16.9. The number of hydrogen-bond donors (Lipinski definition) is 2. The van der Waals surface area contributed by atoms with Gasteiger partial charge in [-0.2, -0.15) is 0 Å². The zero-order valence-corrected chi connectivity index (χ0v) is 12.1. The van der Waals surface area contributed by atoms with Gasteiger partial charge in [0.15, 0.2) is 0 Å². The first-order valence-corrected chi connectivity index (χ1v) is 6.94. The molecule has 0 saturated heterocycles. The number of hydrogen-bond acceptors (Lipinski definition) is 2. The van der Waals surface area contributed by atoms with Gasteiger partial charge in [0.2, 0.25) is 0 Å². The minimum atomic E-state index is -0.797. The van der Waals surface area contributed by atoms with Crippen molar-refractivity contribution in [1.29, 1.82) is 0 Å². The lowest BCUT2D eigenvalue weighted by molar-refractivity contribution is -0.137. The second kappa shape index (κ2) is 8.94. The van der Waals surface area contributed by atoms with Crippen molar-refractivity contribution in [1.82, 2.24) is 10.2 Å². The fourth-order valence-electron chi connectivity index (χ4n) is 1.89. The summed E-state index contributed by atoms with van der Waals surface area (Å²) < 4.78 is 13.0. The van der Waals surface area contributed by atoms with Gasteiger partial charge in [-0.3, -0.25) is 4.79 Å². The molecule has 0 atom stereocenters. The summed E-state index contributed by atoms with van der Waals surface area (Å²) in [4.78, 5) is 23.6. The summed E-state index contributed by atoms with van der Waals surface area (Å²) in [6.07, 6.45) is 2.28. The second-order valence-electron chi connectivity index (χ2n) is 4.92. The zero-order valence-electron chi connectivity index (χ0n) is 12.1. The van der Waals surface area contributed by atoms with Crippen LogP contribution in [0, 0.1) is 5.82 Å². The highest BCUT2D eigenvalue weighted by molar-refractivity contribution is 5.73. The van der Waals surface area contributed by atoms with Crippen molar-refractivity contribution >= 4 is 12.0 Å². The Labute approximate surface area is 123 Å². The molecule has 21 heavy (non-hydrogen) atoms. The number of carbonyl (C=O) groups is 2. The maximum atomic E-state index is 13.0. The predicted molar refractivity (Wildman–Crippen MR) is 77.4 cm³/mol. The van der Waals surface area contributed by atoms with Crippen molar-refractivity contribution in [3.8, 4) is 0 Å². The minimum absolute atomic E-state index is 0.160. The van der Waals surface area contributed by atoms with E-state index in [2.05, 4.69) is 5.32 Å². The van der Waals surface area contributed by atoms with Crippen LogP contribution in [0.3, 0.4) is 0 Å². The van der Waals surface area contributed by atoms with Crippen LogP contribution in [0.4, 0.5) is 9.18 Å². The van der Waals surface area contributed by atoms with Gasteiger partial charge in [-0.1, -0.05) is 18.6 Å². The van der Waals surface area contributed by atoms with Crippen LogP contribution in [0.15, 0.2) is 24.3 Å². The monoisotopic (exact) mass is 296 g/mol. The number of carbonyl (C=O) groups excluding carboxylic acids is 1. The molecule has 0 heterocycles. The van der Waals surface area contributed by atoms with Crippen LogP contribution in [0.5, 0.6) is 0 Å². The van der Waals surface area contributed by atoms with Gasteiger partial charge < -0.3 is 15.3 Å². The SMILES string of the molecule is CN(Cc1cccc(F)c1)C(=O)NCCCCCC(=O)O. The predicted octanol–water partition coefficient (Wildman–Crippen LogP) is 2.61. The number of benzene rings is 1. The quantitative estimate of drug-likeness (QED) is 0.724. The van der Waals surface area contributed by atoms with E-state index in [0.29, 0.717) is 19.5 Å². The highest BCUT2D eigenvalue weighted by Crippen LogP contribution is 2.06. The number of urea groups is 1. The van der Waals surface area contributed by atoms with Gasteiger partial charge in [-0.15, -0.1) is 0 Å². The van der Waals surface area contributed by atoms with E-state index < -0.39 is 5.97 Å². The molecule has 1 aromatic rings. The normalized spacial score (nSPS) is 10.2. The molecule has 1 aromatic carbocycles. The molecule has 116 valence electrons. The maximum absolute atomic E-state index is 13.0. The summed E-state index contributed by atoms with van der Waals surface area (Å²) in [6.45, 7) is 0.842. The van der Waals surface area contributed by atoms with Gasteiger partial charge in [-0.05, 0) is 30.5 Å². The summed E-state index contributed by atoms with van der Waals surface area (Å²) in [7, 11) is 1.64. The summed E-state index contributed by atoms with van der Waals surface area (Å²) in [6, 6.07) is 5.91. The molecule has 0 saturated carbocycles. The Bertz CT molecular complexity index is 480. The highest BCUT2D eigenvalue weighted by atomic mass is 19.1. The average molecular weight is 296 g/mol. The largest absolute Gasteiger partial charge is 0.481 e. The Morgan fingerprint density at radius 3 is 2.71 bits per heavy atom. The third-order valence-electron chi connectivity index (χ3n) is 3.00. The molecule has 2 amide bonds. The van der Waals surface area contributed by atoms with Gasteiger partial charge in [0.25, 0.3) is 0 Å². The smallest absolute Gasteiger partial charge is 0.317 e. The lowest BCUT2D eigenvalue weighted by atomic mass is 10.2. The van der Waals surface area contributed by atoms with Gasteiger partial charge in [0.05, 0.1) is 0 Å². The van der Waals surface area contributed by atoms with Crippen molar-refractivity contribution in [3.05, 3.63) is 35.6 Å². The summed E-state index contributed by atoms with van der Waals surface area (Å²) in [5.41, 5.74) is 0.731. The van der Waals surface area contributed by atoms with Gasteiger partial charge in [0.1, 0.15) is 5.82 Å². The standard InChI is InChI=1S/C15H21FN2O3/c1-18(11-12-6-5-7-13(16)10-12)15(21)17-9-4-2-3-8-14(19)20/h5-7,10H,2-4,8-9,11H2,1H3,(H,17,21)(H,19,20). The number of unbranched alkanes of at least 4 members (excludes halogenated alkanes) is 2. The van der Waals surface area contributed by atoms with E-state index in [1.807, 2.05) is 0 Å². The van der Waals surface area contributed by atoms with Crippen LogP contribution in [0.1, 0.15) is 31.2 Å². The first-order chi connectivity index (χ1) is 9.99. The van der Waals surface area contributed by atoms with Crippen LogP contribution in [-0.4, -0.2) is 35.6 Å². The first-order valence-electron chi connectivity index (χ1n) is 6.94. The molecule has 0 aliphatic rings. The molecular formula is C15H21FN2O3. The number of halogens is 1. The maximum Gasteiger partial charge on any atom is 0.317 e. The van der Waals surface area contributed by atoms with Crippen molar-refractivity contribution in [2.45, 2.75) is 32.2 Å². The van der Waals surface area contributed by atoms with Crippen LogP contribution < -0.4 is 5.32 Å². The minimum Gasteiger partial charge on any atom is -0.481 e. The van der Waals surface area contributed by atoms with Crippen molar-refractivity contribution in [2.75, 3.05) is 13.6 Å². The molecular weight excluding hydrogens is 275 g/mol. The Morgan fingerprint density at radius 2 is 2.05 bits per heavy atom. The summed E-state index contributed by atoms with van der Waals surface area (Å²) in [5.74, 6) is -1.12. The number of carboxylic acids is 1. The molecule has 0 bridgehead atoms. The molecule has 0 aromatic heterocycles. The molecule has 0 aliphatic carbocycles. The van der Waals surface area contributed by atoms with Crippen molar-refractivity contribution < 1.29 is 19.1 Å². The molecule has 0 aliphatic heterocycles. The summed E-state index contributed by atoms with van der Waals surface area (Å²) >= 11 is 0. The Hall–Kier alpha value is -2.11. The van der Waals surface area contributed by atoms with Crippen LogP contribution >= 0.6 is 0 Å². The third-order valence-corrected chi connectivity index (χ3v) is 3.00. The molecule has 5 nitrogen and oxygen atoms in total. The molecule has 0 unspecified atom stereocenters. The number of nitrogens with one attached hydrogen (secondary N) is 1. The average Bonchev–Trinajstić information content (AvgIpc) is 2.42.